The van der Waals surface area contributed by atoms with Crippen LogP contribution in [0.2, 0.25) is 0 Å². The van der Waals surface area contributed by atoms with E-state index in [1.165, 1.54) is 6.07 Å². The maximum Gasteiger partial charge on any atom is 0.339 e. The summed E-state index contributed by atoms with van der Waals surface area (Å²) in [5.41, 5.74) is 1.89. The Hall–Kier alpha value is -3.27. The van der Waals surface area contributed by atoms with Crippen molar-refractivity contribution in [2.75, 3.05) is 0 Å². The zero-order chi connectivity index (χ0) is 16.1. The molecule has 0 aromatic heterocycles. The molecule has 0 aliphatic carbocycles. The van der Waals surface area contributed by atoms with Crippen LogP contribution in [0.1, 0.15) is 10.4 Å². The minimum Gasteiger partial charge on any atom is -0.478 e. The van der Waals surface area contributed by atoms with E-state index in [2.05, 4.69) is 0 Å². The Morgan fingerprint density at radius 2 is 1.26 bits per heavy atom. The van der Waals surface area contributed by atoms with E-state index in [1.807, 2.05) is 48.5 Å². The third-order valence-corrected chi connectivity index (χ3v) is 3.31. The molecule has 114 valence electrons. The summed E-state index contributed by atoms with van der Waals surface area (Å²) < 4.78 is 0. The minimum atomic E-state index is -1.07. The molecule has 0 saturated heterocycles. The number of hydrogen-bond donors (Lipinski definition) is 1. The summed E-state index contributed by atoms with van der Waals surface area (Å²) in [6, 6.07) is 23.5. The maximum atomic E-state index is 11.2. The van der Waals surface area contributed by atoms with Gasteiger partial charge in [-0.15, -0.1) is 0 Å². The zero-order valence-corrected chi connectivity index (χ0v) is 12.2. The largest absolute Gasteiger partial charge is 0.478 e. The fourth-order valence-corrected chi connectivity index (χ4v) is 2.20. The van der Waals surface area contributed by atoms with E-state index in [9.17, 15) is 4.79 Å². The molecule has 0 bridgehead atoms. The molecular weight excluding hydrogens is 292 g/mol. The third-order valence-electron chi connectivity index (χ3n) is 3.31. The molecular formula is C19H14O4. The second kappa shape index (κ2) is 6.66. The van der Waals surface area contributed by atoms with Crippen LogP contribution in [-0.2, 0) is 0 Å². The van der Waals surface area contributed by atoms with Crippen LogP contribution in [0.25, 0.3) is 11.1 Å². The van der Waals surface area contributed by atoms with E-state index in [-0.39, 0.29) is 11.3 Å². The first-order valence-electron chi connectivity index (χ1n) is 7.07. The molecule has 0 amide bonds. The molecule has 4 heteroatoms. The van der Waals surface area contributed by atoms with Gasteiger partial charge in [-0.3, -0.25) is 9.78 Å². The van der Waals surface area contributed by atoms with Gasteiger partial charge in [0.1, 0.15) is 5.56 Å². The van der Waals surface area contributed by atoms with Crippen LogP contribution >= 0.6 is 0 Å². The van der Waals surface area contributed by atoms with Crippen molar-refractivity contribution < 1.29 is 19.7 Å². The maximum absolute atomic E-state index is 11.2. The summed E-state index contributed by atoms with van der Waals surface area (Å²) in [5.74, 6) is -0.401. The lowest BCUT2D eigenvalue weighted by molar-refractivity contribution is -0.0999. The molecule has 0 heterocycles. The van der Waals surface area contributed by atoms with Crippen molar-refractivity contribution in [3.8, 4) is 22.6 Å². The van der Waals surface area contributed by atoms with Crippen LogP contribution < -0.4 is 9.78 Å². The molecule has 3 aromatic rings. The second-order valence-electron chi connectivity index (χ2n) is 4.83. The summed E-state index contributed by atoms with van der Waals surface area (Å²) >= 11 is 0. The quantitative estimate of drug-likeness (QED) is 0.560. The van der Waals surface area contributed by atoms with Crippen molar-refractivity contribution in [1.29, 1.82) is 0 Å². The van der Waals surface area contributed by atoms with Crippen LogP contribution in [0.3, 0.4) is 0 Å². The number of benzene rings is 3. The van der Waals surface area contributed by atoms with Crippen LogP contribution in [0.4, 0.5) is 0 Å². The Kier molecular flexibility index (Phi) is 4.25. The molecule has 0 fully saturated rings. The average Bonchev–Trinajstić information content (AvgIpc) is 2.61. The van der Waals surface area contributed by atoms with Crippen LogP contribution in [0, 0.1) is 0 Å². The average molecular weight is 306 g/mol. The summed E-state index contributed by atoms with van der Waals surface area (Å²) in [4.78, 5) is 21.9. The highest BCUT2D eigenvalue weighted by Gasteiger charge is 2.13. The smallest absolute Gasteiger partial charge is 0.339 e. The molecule has 0 radical (unpaired) electrons. The zero-order valence-electron chi connectivity index (χ0n) is 12.2. The molecule has 1 N–H and O–H groups in total. The lowest BCUT2D eigenvalue weighted by Crippen LogP contribution is -2.06. The summed E-state index contributed by atoms with van der Waals surface area (Å²) in [6.45, 7) is 0. The van der Waals surface area contributed by atoms with E-state index in [4.69, 9.17) is 14.9 Å². The van der Waals surface area contributed by atoms with Crippen LogP contribution in [0.15, 0.2) is 78.9 Å². The predicted octanol–water partition coefficient (Wildman–Crippen LogP) is 4.42. The summed E-state index contributed by atoms with van der Waals surface area (Å²) in [7, 11) is 0. The van der Waals surface area contributed by atoms with Crippen LogP contribution in [0.5, 0.6) is 11.5 Å². The molecule has 3 aromatic carbocycles. The van der Waals surface area contributed by atoms with E-state index in [1.54, 1.807) is 24.3 Å². The van der Waals surface area contributed by atoms with Crippen LogP contribution in [-0.4, -0.2) is 11.1 Å². The Labute approximate surface area is 133 Å². The van der Waals surface area contributed by atoms with Crippen molar-refractivity contribution in [2.24, 2.45) is 0 Å². The van der Waals surface area contributed by atoms with Gasteiger partial charge < -0.3 is 5.11 Å². The predicted molar refractivity (Wildman–Crippen MR) is 86.5 cm³/mol. The molecule has 0 atom stereocenters. The van der Waals surface area contributed by atoms with Gasteiger partial charge in [-0.05, 0) is 23.8 Å². The molecule has 4 nitrogen and oxygen atoms in total. The topological polar surface area (TPSA) is 55.8 Å². The first-order chi connectivity index (χ1) is 11.3. The number of rotatable bonds is 5. The fourth-order valence-electron chi connectivity index (χ4n) is 2.20. The molecule has 0 saturated carbocycles. The van der Waals surface area contributed by atoms with Crippen molar-refractivity contribution in [3.05, 3.63) is 84.4 Å². The van der Waals surface area contributed by atoms with Crippen molar-refractivity contribution in [2.45, 2.75) is 0 Å². The first-order valence-corrected chi connectivity index (χ1v) is 7.07. The van der Waals surface area contributed by atoms with Gasteiger partial charge in [0.2, 0.25) is 0 Å². The highest BCUT2D eigenvalue weighted by Crippen LogP contribution is 2.30. The molecule has 0 spiro atoms. The first kappa shape index (κ1) is 14.7. The standard InChI is InChI=1S/C19H14O4/c20-19(21)16-11-5-7-13-18(16)23-22-17-12-6-4-10-15(17)14-8-2-1-3-9-14/h1-13H,(H,20,21). The number of hydrogen-bond acceptors (Lipinski definition) is 3. The van der Waals surface area contributed by atoms with Crippen molar-refractivity contribution >= 4 is 5.97 Å². The number of aromatic carboxylic acids is 1. The van der Waals surface area contributed by atoms with Gasteiger partial charge in [-0.25, -0.2) is 4.79 Å². The van der Waals surface area contributed by atoms with E-state index in [0.29, 0.717) is 5.75 Å². The normalized spacial score (nSPS) is 10.1. The van der Waals surface area contributed by atoms with Gasteiger partial charge in [0.05, 0.1) is 0 Å². The lowest BCUT2D eigenvalue weighted by Gasteiger charge is -2.11. The number of carboxylic acid groups (broad SMARTS) is 1. The molecule has 0 aliphatic rings. The van der Waals surface area contributed by atoms with Gasteiger partial charge in [0.15, 0.2) is 11.5 Å². The Balaban J connectivity index is 1.87. The van der Waals surface area contributed by atoms with E-state index in [0.717, 1.165) is 11.1 Å². The number of carboxylic acids is 1. The molecule has 23 heavy (non-hydrogen) atoms. The Morgan fingerprint density at radius 3 is 2.00 bits per heavy atom. The molecule has 3 rings (SSSR count). The van der Waals surface area contributed by atoms with E-state index < -0.39 is 5.97 Å². The SMILES string of the molecule is O=C(O)c1ccccc1OOc1ccccc1-c1ccccc1. The molecule has 0 unspecified atom stereocenters. The monoisotopic (exact) mass is 306 g/mol. The van der Waals surface area contributed by atoms with Gasteiger partial charge in [0, 0.05) is 5.56 Å². The Bertz CT molecular complexity index is 812. The highest BCUT2D eigenvalue weighted by atomic mass is 17.2. The molecule has 0 aliphatic heterocycles. The van der Waals surface area contributed by atoms with E-state index >= 15 is 0 Å². The van der Waals surface area contributed by atoms with Gasteiger partial charge in [0.25, 0.3) is 0 Å². The highest BCUT2D eigenvalue weighted by molar-refractivity contribution is 5.90. The fraction of sp³-hybridized carbons (Fsp3) is 0. The summed E-state index contributed by atoms with van der Waals surface area (Å²) in [5, 5.41) is 9.16. The number of para-hydroxylation sites is 2. The van der Waals surface area contributed by atoms with Crippen molar-refractivity contribution in [1.82, 2.24) is 0 Å². The number of carbonyl (C=O) groups is 1. The second-order valence-corrected chi connectivity index (χ2v) is 4.83. The third kappa shape index (κ3) is 3.32. The van der Waals surface area contributed by atoms with Gasteiger partial charge in [-0.2, -0.15) is 0 Å². The Morgan fingerprint density at radius 1 is 0.696 bits per heavy atom. The van der Waals surface area contributed by atoms with Gasteiger partial charge in [-0.1, -0.05) is 60.7 Å². The summed E-state index contributed by atoms with van der Waals surface area (Å²) in [6.07, 6.45) is 0. The minimum absolute atomic E-state index is 0.0460. The van der Waals surface area contributed by atoms with Gasteiger partial charge >= 0.3 is 5.97 Å². The van der Waals surface area contributed by atoms with Crippen molar-refractivity contribution in [3.63, 3.8) is 0 Å². The lowest BCUT2D eigenvalue weighted by atomic mass is 10.1.